The van der Waals surface area contributed by atoms with Crippen LogP contribution in [0.25, 0.3) is 0 Å². The van der Waals surface area contributed by atoms with Crippen molar-refractivity contribution in [1.82, 2.24) is 4.90 Å². The third kappa shape index (κ3) is 4.43. The largest absolute Gasteiger partial charge is 0.497 e. The van der Waals surface area contributed by atoms with Crippen LogP contribution in [0, 0.1) is 10.1 Å². The molecule has 1 aliphatic heterocycles. The fraction of sp³-hybridized carbons (Fsp3) is 0.316. The molecule has 1 saturated heterocycles. The minimum absolute atomic E-state index is 0.0653. The summed E-state index contributed by atoms with van der Waals surface area (Å²) in [5.41, 5.74) is 1.57. The number of nitro groups is 1. The number of piperazine rings is 1. The predicted molar refractivity (Wildman–Crippen MR) is 105 cm³/mol. The van der Waals surface area contributed by atoms with Crippen LogP contribution < -0.4 is 19.7 Å². The van der Waals surface area contributed by atoms with E-state index in [1.165, 1.54) is 12.1 Å². The van der Waals surface area contributed by atoms with Gasteiger partial charge in [0.1, 0.15) is 11.5 Å². The van der Waals surface area contributed by atoms with Gasteiger partial charge in [0.2, 0.25) is 0 Å². The number of ether oxygens (including phenoxy) is 2. The molecular weight excluding hydrogens is 364 g/mol. The summed E-state index contributed by atoms with van der Waals surface area (Å²) in [6, 6.07) is 11.4. The van der Waals surface area contributed by atoms with Crippen molar-refractivity contribution in [2.24, 2.45) is 0 Å². The van der Waals surface area contributed by atoms with Crippen molar-refractivity contribution in [3.05, 3.63) is 52.6 Å². The highest BCUT2D eigenvalue weighted by Gasteiger charge is 2.22. The van der Waals surface area contributed by atoms with Crippen LogP contribution in [0.3, 0.4) is 0 Å². The van der Waals surface area contributed by atoms with Crippen LogP contribution in [0.5, 0.6) is 11.5 Å². The molecule has 0 atom stereocenters. The van der Waals surface area contributed by atoms with Gasteiger partial charge in [-0.2, -0.15) is 0 Å². The summed E-state index contributed by atoms with van der Waals surface area (Å²) in [6.07, 6.45) is 0. The van der Waals surface area contributed by atoms with Crippen molar-refractivity contribution < 1.29 is 19.2 Å². The minimum atomic E-state index is -0.417. The molecule has 2 aromatic carbocycles. The SMILES string of the molecule is COc1cc(NC(=O)N2CCN(c3ccc([N+](=O)[O-])cc3)CC2)cc(OC)c1. The van der Waals surface area contributed by atoms with E-state index in [2.05, 4.69) is 10.2 Å². The van der Waals surface area contributed by atoms with Gasteiger partial charge in [-0.1, -0.05) is 0 Å². The van der Waals surface area contributed by atoms with E-state index in [0.717, 1.165) is 5.69 Å². The molecule has 0 aromatic heterocycles. The fourth-order valence-corrected chi connectivity index (χ4v) is 3.04. The van der Waals surface area contributed by atoms with Gasteiger partial charge in [0, 0.05) is 67.9 Å². The Bertz CT molecular complexity index is 826. The number of rotatable bonds is 5. The lowest BCUT2D eigenvalue weighted by atomic mass is 10.2. The summed E-state index contributed by atoms with van der Waals surface area (Å²) in [7, 11) is 3.11. The number of hydrogen-bond donors (Lipinski definition) is 1. The Labute approximate surface area is 162 Å². The van der Waals surface area contributed by atoms with E-state index < -0.39 is 4.92 Å². The lowest BCUT2D eigenvalue weighted by molar-refractivity contribution is -0.384. The molecule has 2 amide bonds. The summed E-state index contributed by atoms with van der Waals surface area (Å²) in [4.78, 5) is 26.7. The number of carbonyl (C=O) groups is 1. The van der Waals surface area contributed by atoms with E-state index in [-0.39, 0.29) is 11.7 Å². The number of hydrogen-bond acceptors (Lipinski definition) is 6. The summed E-state index contributed by atoms with van der Waals surface area (Å²) >= 11 is 0. The Morgan fingerprint density at radius 3 is 2.07 bits per heavy atom. The Kier molecular flexibility index (Phi) is 5.83. The Morgan fingerprint density at radius 2 is 1.57 bits per heavy atom. The Balaban J connectivity index is 1.58. The first-order valence-corrected chi connectivity index (χ1v) is 8.78. The van der Waals surface area contributed by atoms with E-state index in [9.17, 15) is 14.9 Å². The highest BCUT2D eigenvalue weighted by Crippen LogP contribution is 2.26. The average molecular weight is 386 g/mol. The molecule has 2 aromatic rings. The standard InChI is InChI=1S/C19H22N4O5/c1-27-17-11-14(12-18(13-17)28-2)20-19(24)22-9-7-21(8-10-22)15-3-5-16(6-4-15)23(25)26/h3-6,11-13H,7-10H2,1-2H3,(H,20,24). The smallest absolute Gasteiger partial charge is 0.321 e. The van der Waals surface area contributed by atoms with Crippen LogP contribution in [0.2, 0.25) is 0 Å². The van der Waals surface area contributed by atoms with E-state index in [0.29, 0.717) is 43.4 Å². The molecule has 1 fully saturated rings. The maximum atomic E-state index is 12.6. The number of nitro benzene ring substituents is 1. The summed E-state index contributed by atoms with van der Waals surface area (Å²) in [5, 5.41) is 13.6. The zero-order valence-corrected chi connectivity index (χ0v) is 15.8. The predicted octanol–water partition coefficient (Wildman–Crippen LogP) is 2.97. The number of amides is 2. The molecule has 0 spiro atoms. The lowest BCUT2D eigenvalue weighted by Crippen LogP contribution is -2.50. The van der Waals surface area contributed by atoms with Gasteiger partial charge in [0.15, 0.2) is 0 Å². The first-order valence-electron chi connectivity index (χ1n) is 8.78. The molecule has 0 radical (unpaired) electrons. The monoisotopic (exact) mass is 386 g/mol. The van der Waals surface area contributed by atoms with Crippen LogP contribution in [-0.2, 0) is 0 Å². The van der Waals surface area contributed by atoms with Gasteiger partial charge < -0.3 is 24.6 Å². The maximum Gasteiger partial charge on any atom is 0.321 e. The van der Waals surface area contributed by atoms with Crippen molar-refractivity contribution in [2.45, 2.75) is 0 Å². The second kappa shape index (κ2) is 8.47. The number of non-ortho nitro benzene ring substituents is 1. The summed E-state index contributed by atoms with van der Waals surface area (Å²) in [6.45, 7) is 2.38. The van der Waals surface area contributed by atoms with Crippen LogP contribution in [0.4, 0.5) is 21.9 Å². The van der Waals surface area contributed by atoms with Crippen molar-refractivity contribution in [2.75, 3.05) is 50.6 Å². The zero-order chi connectivity index (χ0) is 20.1. The number of anilines is 2. The van der Waals surface area contributed by atoms with Gasteiger partial charge >= 0.3 is 6.03 Å². The summed E-state index contributed by atoms with van der Waals surface area (Å²) in [5.74, 6) is 1.19. The topological polar surface area (TPSA) is 97.2 Å². The van der Waals surface area contributed by atoms with Crippen molar-refractivity contribution in [1.29, 1.82) is 0 Å². The molecule has 28 heavy (non-hydrogen) atoms. The van der Waals surface area contributed by atoms with E-state index in [1.807, 2.05) is 0 Å². The molecule has 0 aliphatic carbocycles. The highest BCUT2D eigenvalue weighted by atomic mass is 16.6. The lowest BCUT2D eigenvalue weighted by Gasteiger charge is -2.36. The first kappa shape index (κ1) is 19.3. The number of nitrogens with zero attached hydrogens (tertiary/aromatic N) is 3. The van der Waals surface area contributed by atoms with Crippen molar-refractivity contribution >= 4 is 23.1 Å². The first-order chi connectivity index (χ1) is 13.5. The van der Waals surface area contributed by atoms with Gasteiger partial charge in [-0.15, -0.1) is 0 Å². The second-order valence-electron chi connectivity index (χ2n) is 6.28. The molecule has 1 N–H and O–H groups in total. The third-order valence-corrected chi connectivity index (χ3v) is 4.60. The molecular formula is C19H22N4O5. The Hall–Kier alpha value is -3.49. The maximum absolute atomic E-state index is 12.6. The van der Waals surface area contributed by atoms with Crippen molar-refractivity contribution in [3.63, 3.8) is 0 Å². The Morgan fingerprint density at radius 1 is 1.00 bits per heavy atom. The number of urea groups is 1. The van der Waals surface area contributed by atoms with Gasteiger partial charge in [-0.25, -0.2) is 4.79 Å². The second-order valence-corrected chi connectivity index (χ2v) is 6.28. The zero-order valence-electron chi connectivity index (χ0n) is 15.8. The third-order valence-electron chi connectivity index (χ3n) is 4.60. The highest BCUT2D eigenvalue weighted by molar-refractivity contribution is 5.90. The molecule has 9 heteroatoms. The number of carbonyl (C=O) groups excluding carboxylic acids is 1. The quantitative estimate of drug-likeness (QED) is 0.627. The molecule has 148 valence electrons. The minimum Gasteiger partial charge on any atom is -0.497 e. The number of benzene rings is 2. The van der Waals surface area contributed by atoms with Gasteiger partial charge in [-0.05, 0) is 12.1 Å². The molecule has 1 heterocycles. The molecule has 0 bridgehead atoms. The molecule has 1 aliphatic rings. The average Bonchev–Trinajstić information content (AvgIpc) is 2.73. The van der Waals surface area contributed by atoms with Gasteiger partial charge in [-0.3, -0.25) is 10.1 Å². The van der Waals surface area contributed by atoms with Crippen LogP contribution in [0.1, 0.15) is 0 Å². The fourth-order valence-electron chi connectivity index (χ4n) is 3.04. The van der Waals surface area contributed by atoms with Crippen LogP contribution >= 0.6 is 0 Å². The van der Waals surface area contributed by atoms with Gasteiger partial charge in [0.25, 0.3) is 5.69 Å². The van der Waals surface area contributed by atoms with Gasteiger partial charge in [0.05, 0.1) is 19.1 Å². The molecule has 0 saturated carbocycles. The normalized spacial score (nSPS) is 13.8. The number of nitrogens with one attached hydrogen (secondary N) is 1. The van der Waals surface area contributed by atoms with Crippen LogP contribution in [-0.4, -0.2) is 56.3 Å². The number of methoxy groups -OCH3 is 2. The van der Waals surface area contributed by atoms with Crippen LogP contribution in [0.15, 0.2) is 42.5 Å². The molecule has 9 nitrogen and oxygen atoms in total. The van der Waals surface area contributed by atoms with Crippen molar-refractivity contribution in [3.8, 4) is 11.5 Å². The van der Waals surface area contributed by atoms with E-state index in [4.69, 9.17) is 9.47 Å². The molecule has 0 unspecified atom stereocenters. The van der Waals surface area contributed by atoms with E-state index in [1.54, 1.807) is 49.5 Å². The molecule has 3 rings (SSSR count). The summed E-state index contributed by atoms with van der Waals surface area (Å²) < 4.78 is 10.4. The van der Waals surface area contributed by atoms with E-state index >= 15 is 0 Å².